The number of hydrogen-bond donors (Lipinski definition) is 1. The van der Waals surface area contributed by atoms with Crippen LogP contribution in [0.5, 0.6) is 28.7 Å². The molecule has 0 aromatic heterocycles. The molecule has 0 heterocycles. The number of esters is 3. The first-order valence-electron chi connectivity index (χ1n) is 14.9. The van der Waals surface area contributed by atoms with E-state index in [1.807, 2.05) is 0 Å². The number of aliphatic hydroxyl groups is 1. The fourth-order valence-corrected chi connectivity index (χ4v) is 4.40. The van der Waals surface area contributed by atoms with E-state index in [1.54, 1.807) is 60.7 Å². The lowest BCUT2D eigenvalue weighted by Crippen LogP contribution is -2.11. The van der Waals surface area contributed by atoms with Gasteiger partial charge in [-0.1, -0.05) is 25.3 Å². The van der Waals surface area contributed by atoms with Gasteiger partial charge in [0.2, 0.25) is 6.29 Å². The van der Waals surface area contributed by atoms with Crippen molar-refractivity contribution in [2.75, 3.05) is 20.3 Å². The summed E-state index contributed by atoms with van der Waals surface area (Å²) in [5, 5.41) is 11.2. The third-order valence-corrected chi connectivity index (χ3v) is 6.86. The Balaban J connectivity index is 1.27. The van der Waals surface area contributed by atoms with E-state index in [0.29, 0.717) is 35.8 Å². The molecule has 0 aliphatic rings. The molecule has 1 atom stereocenters. The van der Waals surface area contributed by atoms with Gasteiger partial charge in [0.05, 0.1) is 31.5 Å². The number of carbonyl (C=O) groups is 3. The Kier molecular flexibility index (Phi) is 12.5. The fraction of sp³-hybridized carbons (Fsp3) is 0.216. The predicted octanol–water partition coefficient (Wildman–Crippen LogP) is 6.84. The van der Waals surface area contributed by atoms with Gasteiger partial charge in [-0.15, -0.1) is 0 Å². The molecule has 244 valence electrons. The van der Waals surface area contributed by atoms with Crippen molar-refractivity contribution in [2.24, 2.45) is 0 Å². The number of rotatable bonds is 17. The molecule has 0 radical (unpaired) electrons. The summed E-state index contributed by atoms with van der Waals surface area (Å²) in [4.78, 5) is 36.7. The molecule has 0 bridgehead atoms. The number of aliphatic hydroxyl groups excluding tert-OH is 1. The molecule has 0 saturated carbocycles. The Morgan fingerprint density at radius 3 is 2.06 bits per heavy atom. The number of fused-ring (bicyclic) bond motifs is 1. The normalized spacial score (nSPS) is 11.2. The summed E-state index contributed by atoms with van der Waals surface area (Å²) in [6, 6.07) is 21.3. The minimum absolute atomic E-state index is 0.150. The van der Waals surface area contributed by atoms with E-state index in [1.165, 1.54) is 31.4 Å². The van der Waals surface area contributed by atoms with Crippen LogP contribution in [0.4, 0.5) is 0 Å². The maximum atomic E-state index is 13.0. The molecule has 4 rings (SSSR count). The van der Waals surface area contributed by atoms with Gasteiger partial charge >= 0.3 is 17.9 Å². The Bertz CT molecular complexity index is 1710. The van der Waals surface area contributed by atoms with Crippen molar-refractivity contribution in [1.29, 1.82) is 0 Å². The van der Waals surface area contributed by atoms with Crippen molar-refractivity contribution in [3.63, 3.8) is 0 Å². The topological polar surface area (TPSA) is 127 Å². The van der Waals surface area contributed by atoms with Gasteiger partial charge in [0, 0.05) is 12.1 Å². The molecule has 0 fully saturated rings. The van der Waals surface area contributed by atoms with E-state index in [0.717, 1.165) is 42.5 Å². The molecule has 4 aromatic carbocycles. The lowest BCUT2D eigenvalue weighted by Gasteiger charge is -2.12. The summed E-state index contributed by atoms with van der Waals surface area (Å²) >= 11 is 0. The molecule has 47 heavy (non-hydrogen) atoms. The number of unbranched alkanes of at least 4 members (excludes halogenated alkanes) is 3. The molecule has 10 nitrogen and oxygen atoms in total. The highest BCUT2D eigenvalue weighted by molar-refractivity contribution is 5.97. The Morgan fingerprint density at radius 1 is 0.702 bits per heavy atom. The van der Waals surface area contributed by atoms with Gasteiger partial charge in [0.25, 0.3) is 0 Å². The highest BCUT2D eigenvalue weighted by atomic mass is 16.6. The molecule has 0 spiro atoms. The molecular formula is C37H36O10. The van der Waals surface area contributed by atoms with Gasteiger partial charge in [0.1, 0.15) is 17.2 Å². The van der Waals surface area contributed by atoms with E-state index >= 15 is 0 Å². The number of methoxy groups -OCH3 is 1. The van der Waals surface area contributed by atoms with Crippen LogP contribution in [0.3, 0.4) is 0 Å². The van der Waals surface area contributed by atoms with Crippen LogP contribution in [-0.4, -0.2) is 49.6 Å². The van der Waals surface area contributed by atoms with Gasteiger partial charge in [-0.2, -0.15) is 0 Å². The monoisotopic (exact) mass is 640 g/mol. The van der Waals surface area contributed by atoms with Gasteiger partial charge in [0.15, 0.2) is 11.5 Å². The van der Waals surface area contributed by atoms with Crippen molar-refractivity contribution in [1.82, 2.24) is 0 Å². The summed E-state index contributed by atoms with van der Waals surface area (Å²) in [7, 11) is 1.41. The molecule has 0 aliphatic heterocycles. The molecule has 0 saturated heterocycles. The van der Waals surface area contributed by atoms with Gasteiger partial charge in [-0.05, 0) is 103 Å². The fourth-order valence-electron chi connectivity index (χ4n) is 4.40. The second-order valence-corrected chi connectivity index (χ2v) is 10.2. The molecule has 1 unspecified atom stereocenters. The zero-order valence-electron chi connectivity index (χ0n) is 26.0. The first kappa shape index (κ1) is 34.3. The van der Waals surface area contributed by atoms with Crippen LogP contribution < -0.4 is 23.7 Å². The average molecular weight is 641 g/mol. The van der Waals surface area contributed by atoms with Crippen LogP contribution >= 0.6 is 0 Å². The van der Waals surface area contributed by atoms with Crippen molar-refractivity contribution in [2.45, 2.75) is 32.0 Å². The largest absolute Gasteiger partial charge is 0.494 e. The van der Waals surface area contributed by atoms with E-state index in [2.05, 4.69) is 13.2 Å². The summed E-state index contributed by atoms with van der Waals surface area (Å²) in [5.41, 5.74) is 0.638. The van der Waals surface area contributed by atoms with Crippen LogP contribution in [0.25, 0.3) is 10.8 Å². The second-order valence-electron chi connectivity index (χ2n) is 10.2. The highest BCUT2D eigenvalue weighted by Gasteiger charge is 2.16. The Morgan fingerprint density at radius 2 is 1.34 bits per heavy atom. The summed E-state index contributed by atoms with van der Waals surface area (Å²) in [6.45, 7) is 7.74. The zero-order valence-corrected chi connectivity index (χ0v) is 26.0. The van der Waals surface area contributed by atoms with Crippen LogP contribution in [0.2, 0.25) is 0 Å². The molecule has 4 aromatic rings. The highest BCUT2D eigenvalue weighted by Crippen LogP contribution is 2.33. The van der Waals surface area contributed by atoms with Crippen LogP contribution in [0, 0.1) is 0 Å². The SMILES string of the molecule is C=CC(=O)OCCCCCCOc1ccc(C(=O)Oc2ccc(OC(=O)c3ccc4cc(OC(O)C=C)ccc4c3)c(OC)c2)cc1. The molecule has 0 aliphatic carbocycles. The van der Waals surface area contributed by atoms with Crippen LogP contribution in [0.1, 0.15) is 46.4 Å². The summed E-state index contributed by atoms with van der Waals surface area (Å²) in [6.07, 6.45) is 4.77. The molecule has 1 N–H and O–H groups in total. The van der Waals surface area contributed by atoms with E-state index in [9.17, 15) is 19.5 Å². The van der Waals surface area contributed by atoms with E-state index in [4.69, 9.17) is 28.4 Å². The van der Waals surface area contributed by atoms with E-state index < -0.39 is 24.2 Å². The lowest BCUT2D eigenvalue weighted by atomic mass is 10.1. The number of ether oxygens (including phenoxy) is 6. The Hall–Kier alpha value is -5.61. The summed E-state index contributed by atoms with van der Waals surface area (Å²) in [5.74, 6) is 0.0457. The minimum atomic E-state index is -1.12. The van der Waals surface area contributed by atoms with Crippen molar-refractivity contribution in [3.05, 3.63) is 115 Å². The smallest absolute Gasteiger partial charge is 0.343 e. The molecule has 0 amide bonds. The maximum Gasteiger partial charge on any atom is 0.343 e. The van der Waals surface area contributed by atoms with Gasteiger partial charge in [-0.25, -0.2) is 14.4 Å². The van der Waals surface area contributed by atoms with Crippen LogP contribution in [-0.2, 0) is 9.53 Å². The van der Waals surface area contributed by atoms with Gasteiger partial charge < -0.3 is 33.5 Å². The lowest BCUT2D eigenvalue weighted by molar-refractivity contribution is -0.137. The first-order chi connectivity index (χ1) is 22.8. The standard InChI is InChI=1S/C37H36O10/c1-4-34(38)44-21-9-7-6-8-20-43-29-15-12-25(13-16-29)36(40)46-31-18-19-32(33(24-31)42-3)47-37(41)28-11-10-27-23-30(45-35(39)5-2)17-14-26(27)22-28/h4-5,10-19,22-24,35,39H,1-2,6-9,20-21H2,3H3. The predicted molar refractivity (Wildman–Crippen MR) is 175 cm³/mol. The zero-order chi connectivity index (χ0) is 33.6. The molecule has 10 heteroatoms. The van der Waals surface area contributed by atoms with Crippen molar-refractivity contribution in [3.8, 4) is 28.7 Å². The minimum Gasteiger partial charge on any atom is -0.494 e. The molecular weight excluding hydrogens is 604 g/mol. The third-order valence-electron chi connectivity index (χ3n) is 6.86. The number of carbonyl (C=O) groups excluding carboxylic acids is 3. The van der Waals surface area contributed by atoms with Crippen LogP contribution in [0.15, 0.2) is 104 Å². The number of hydrogen-bond acceptors (Lipinski definition) is 10. The quantitative estimate of drug-likeness (QED) is 0.0327. The Labute approximate surface area is 272 Å². The maximum absolute atomic E-state index is 13.0. The third kappa shape index (κ3) is 10.2. The van der Waals surface area contributed by atoms with Gasteiger partial charge in [-0.3, -0.25) is 0 Å². The second kappa shape index (κ2) is 17.2. The summed E-state index contributed by atoms with van der Waals surface area (Å²) < 4.78 is 32.5. The van der Waals surface area contributed by atoms with Crippen molar-refractivity contribution < 1.29 is 47.9 Å². The van der Waals surface area contributed by atoms with Crippen molar-refractivity contribution >= 4 is 28.7 Å². The number of benzene rings is 4. The first-order valence-corrected chi connectivity index (χ1v) is 14.9. The van der Waals surface area contributed by atoms with E-state index in [-0.39, 0.29) is 17.2 Å². The average Bonchev–Trinajstić information content (AvgIpc) is 3.09.